The maximum atomic E-state index is 14.2. The fraction of sp³-hybridized carbons (Fsp3) is 0.500. The van der Waals surface area contributed by atoms with Gasteiger partial charge in [-0.3, -0.25) is 9.78 Å². The number of pyridine rings is 1. The minimum Gasteiger partial charge on any atom is -0.496 e. The van der Waals surface area contributed by atoms with Crippen molar-refractivity contribution in [3.63, 3.8) is 0 Å². The Morgan fingerprint density at radius 1 is 1.22 bits per heavy atom. The standard InChI is InChI=1S/C24H29F3N2O3/c1-12(2)17-10-7-14(11-28-17)29-23(30)21-18(13(3)24(4,5)32-21)15-8-9-16(25)19(22(26)27)20(15)31-6/h7-13,18,21-22H,1-6H3,(H,29,30)/t13-,18-,21+/m0/s1. The average Bonchev–Trinajstić information content (AvgIpc) is 2.97. The number of rotatable bonds is 6. The van der Waals surface area contributed by atoms with E-state index >= 15 is 0 Å². The molecule has 8 heteroatoms. The number of nitrogens with zero attached hydrogens (tertiary/aromatic N) is 1. The molecule has 3 atom stereocenters. The van der Waals surface area contributed by atoms with E-state index in [0.29, 0.717) is 11.3 Å². The van der Waals surface area contributed by atoms with Crippen molar-refractivity contribution in [1.82, 2.24) is 4.98 Å². The summed E-state index contributed by atoms with van der Waals surface area (Å²) in [6.45, 7) is 9.58. The Balaban J connectivity index is 1.99. The van der Waals surface area contributed by atoms with Gasteiger partial charge < -0.3 is 14.8 Å². The first-order valence-electron chi connectivity index (χ1n) is 10.6. The molecule has 2 aromatic rings. The molecule has 0 saturated carbocycles. The molecule has 0 radical (unpaired) electrons. The van der Waals surface area contributed by atoms with Gasteiger partial charge in [0, 0.05) is 17.2 Å². The summed E-state index contributed by atoms with van der Waals surface area (Å²) in [4.78, 5) is 17.6. The van der Waals surface area contributed by atoms with Crippen LogP contribution in [-0.2, 0) is 9.53 Å². The molecule has 1 aromatic heterocycles. The molecule has 2 heterocycles. The predicted molar refractivity (Wildman–Crippen MR) is 116 cm³/mol. The summed E-state index contributed by atoms with van der Waals surface area (Å²) in [5.74, 6) is -2.36. The summed E-state index contributed by atoms with van der Waals surface area (Å²) in [6.07, 6.45) is -2.48. The molecule has 1 aliphatic heterocycles. The van der Waals surface area contributed by atoms with Crippen molar-refractivity contribution in [2.75, 3.05) is 12.4 Å². The van der Waals surface area contributed by atoms with E-state index < -0.39 is 41.3 Å². The van der Waals surface area contributed by atoms with Crippen LogP contribution in [-0.4, -0.2) is 29.7 Å². The number of benzene rings is 1. The topological polar surface area (TPSA) is 60.5 Å². The number of hydrogen-bond donors (Lipinski definition) is 1. The van der Waals surface area contributed by atoms with E-state index in [4.69, 9.17) is 9.47 Å². The number of alkyl halides is 2. The van der Waals surface area contributed by atoms with Crippen molar-refractivity contribution in [2.45, 2.75) is 64.6 Å². The zero-order valence-electron chi connectivity index (χ0n) is 19.1. The van der Waals surface area contributed by atoms with Gasteiger partial charge in [-0.15, -0.1) is 0 Å². The van der Waals surface area contributed by atoms with E-state index in [1.807, 2.05) is 40.7 Å². The molecule has 1 aliphatic rings. The van der Waals surface area contributed by atoms with E-state index in [1.165, 1.54) is 13.2 Å². The monoisotopic (exact) mass is 450 g/mol. The van der Waals surface area contributed by atoms with Gasteiger partial charge in [0.2, 0.25) is 0 Å². The Morgan fingerprint density at radius 2 is 1.91 bits per heavy atom. The third-order valence-electron chi connectivity index (χ3n) is 6.25. The highest BCUT2D eigenvalue weighted by atomic mass is 19.3. The molecule has 0 unspecified atom stereocenters. The van der Waals surface area contributed by atoms with Gasteiger partial charge in [-0.2, -0.15) is 0 Å². The highest BCUT2D eigenvalue weighted by Gasteiger charge is 2.51. The average molecular weight is 451 g/mol. The minimum absolute atomic E-state index is 0.246. The normalized spacial score (nSPS) is 22.4. The van der Waals surface area contributed by atoms with Gasteiger partial charge in [0.25, 0.3) is 12.3 Å². The molecular weight excluding hydrogens is 421 g/mol. The molecule has 1 fully saturated rings. The van der Waals surface area contributed by atoms with Crippen molar-refractivity contribution < 1.29 is 27.4 Å². The lowest BCUT2D eigenvalue weighted by Gasteiger charge is -2.26. The number of aromatic nitrogens is 1. The summed E-state index contributed by atoms with van der Waals surface area (Å²) < 4.78 is 52.6. The molecule has 5 nitrogen and oxygen atoms in total. The molecule has 0 aliphatic carbocycles. The van der Waals surface area contributed by atoms with E-state index in [9.17, 15) is 18.0 Å². The smallest absolute Gasteiger partial charge is 0.270 e. The molecule has 0 bridgehead atoms. The van der Waals surface area contributed by atoms with Crippen LogP contribution in [0.25, 0.3) is 0 Å². The molecule has 1 N–H and O–H groups in total. The van der Waals surface area contributed by atoms with Gasteiger partial charge >= 0.3 is 0 Å². The molecule has 1 saturated heterocycles. The lowest BCUT2D eigenvalue weighted by atomic mass is 9.77. The highest BCUT2D eigenvalue weighted by Crippen LogP contribution is 2.50. The Bertz CT molecular complexity index is 977. The van der Waals surface area contributed by atoms with Crippen LogP contribution < -0.4 is 10.1 Å². The zero-order chi connectivity index (χ0) is 23.8. The first-order chi connectivity index (χ1) is 15.0. The fourth-order valence-electron chi connectivity index (χ4n) is 4.17. The zero-order valence-corrected chi connectivity index (χ0v) is 19.1. The Hall–Kier alpha value is -2.61. The van der Waals surface area contributed by atoms with E-state index in [-0.39, 0.29) is 17.6 Å². The molecule has 32 heavy (non-hydrogen) atoms. The first-order valence-corrected chi connectivity index (χ1v) is 10.6. The van der Waals surface area contributed by atoms with Gasteiger partial charge in [0.15, 0.2) is 0 Å². The second-order valence-corrected chi connectivity index (χ2v) is 8.96. The second kappa shape index (κ2) is 9.10. The van der Waals surface area contributed by atoms with Gasteiger partial charge in [-0.25, -0.2) is 13.2 Å². The van der Waals surface area contributed by atoms with Crippen molar-refractivity contribution in [3.05, 3.63) is 53.1 Å². The summed E-state index contributed by atoms with van der Waals surface area (Å²) in [6, 6.07) is 5.97. The Morgan fingerprint density at radius 3 is 2.44 bits per heavy atom. The maximum Gasteiger partial charge on any atom is 0.270 e. The summed E-state index contributed by atoms with van der Waals surface area (Å²) in [7, 11) is 1.22. The van der Waals surface area contributed by atoms with E-state index in [0.717, 1.165) is 11.8 Å². The maximum absolute atomic E-state index is 14.2. The molecule has 1 aromatic carbocycles. The number of hydrogen-bond acceptors (Lipinski definition) is 4. The van der Waals surface area contributed by atoms with Crippen LogP contribution in [0.4, 0.5) is 18.9 Å². The first kappa shape index (κ1) is 24.0. The van der Waals surface area contributed by atoms with E-state index in [2.05, 4.69) is 10.3 Å². The molecular formula is C24H29F3N2O3. The highest BCUT2D eigenvalue weighted by molar-refractivity contribution is 5.95. The van der Waals surface area contributed by atoms with Crippen molar-refractivity contribution in [2.24, 2.45) is 5.92 Å². The molecule has 174 valence electrons. The Labute approximate surface area is 186 Å². The van der Waals surface area contributed by atoms with Crippen LogP contribution in [0.1, 0.15) is 69.7 Å². The van der Waals surface area contributed by atoms with Crippen LogP contribution in [0.15, 0.2) is 30.5 Å². The summed E-state index contributed by atoms with van der Waals surface area (Å²) in [5.41, 5.74) is 0.170. The number of nitrogens with one attached hydrogen (secondary N) is 1. The fourth-order valence-corrected chi connectivity index (χ4v) is 4.17. The third-order valence-corrected chi connectivity index (χ3v) is 6.25. The molecule has 0 spiro atoms. The van der Waals surface area contributed by atoms with Gasteiger partial charge in [0.05, 0.1) is 30.2 Å². The van der Waals surface area contributed by atoms with E-state index in [1.54, 1.807) is 12.3 Å². The van der Waals surface area contributed by atoms with Crippen LogP contribution in [0.3, 0.4) is 0 Å². The summed E-state index contributed by atoms with van der Waals surface area (Å²) >= 11 is 0. The van der Waals surface area contributed by atoms with Gasteiger partial charge in [0.1, 0.15) is 17.7 Å². The van der Waals surface area contributed by atoms with Crippen LogP contribution in [0, 0.1) is 11.7 Å². The minimum atomic E-state index is -3.06. The van der Waals surface area contributed by atoms with Crippen LogP contribution in [0.5, 0.6) is 5.75 Å². The quantitative estimate of drug-likeness (QED) is 0.602. The third kappa shape index (κ3) is 4.46. The summed E-state index contributed by atoms with van der Waals surface area (Å²) in [5, 5.41) is 2.80. The van der Waals surface area contributed by atoms with Crippen molar-refractivity contribution >= 4 is 11.6 Å². The second-order valence-electron chi connectivity index (χ2n) is 8.96. The number of methoxy groups -OCH3 is 1. The number of carbonyl (C=O) groups excluding carboxylic acids is 1. The molecule has 3 rings (SSSR count). The van der Waals surface area contributed by atoms with Crippen molar-refractivity contribution in [3.8, 4) is 5.75 Å². The largest absolute Gasteiger partial charge is 0.496 e. The van der Waals surface area contributed by atoms with Gasteiger partial charge in [-0.1, -0.05) is 26.8 Å². The SMILES string of the molecule is COc1c([C@H]2[C@H](C(=O)Nc3ccc(C(C)C)nc3)OC(C)(C)[C@H]2C)ccc(F)c1C(F)F. The lowest BCUT2D eigenvalue weighted by molar-refractivity contribution is -0.131. The molecule has 1 amide bonds. The van der Waals surface area contributed by atoms with Crippen molar-refractivity contribution in [1.29, 1.82) is 0 Å². The van der Waals surface area contributed by atoms with Gasteiger partial charge in [-0.05, 0) is 43.9 Å². The lowest BCUT2D eigenvalue weighted by Crippen LogP contribution is -2.33. The number of amides is 1. The predicted octanol–water partition coefficient (Wildman–Crippen LogP) is 5.83. The number of ether oxygens (including phenoxy) is 2. The number of halogens is 3. The van der Waals surface area contributed by atoms with Crippen LogP contribution >= 0.6 is 0 Å². The van der Waals surface area contributed by atoms with Crippen LogP contribution in [0.2, 0.25) is 0 Å². The number of anilines is 1. The Kier molecular flexibility index (Phi) is 6.83. The number of carbonyl (C=O) groups is 1.